The van der Waals surface area contributed by atoms with E-state index in [4.69, 9.17) is 4.74 Å². The molecule has 0 radical (unpaired) electrons. The summed E-state index contributed by atoms with van der Waals surface area (Å²) in [5, 5.41) is 11.3. The molecule has 2 aliphatic heterocycles. The van der Waals surface area contributed by atoms with Crippen molar-refractivity contribution in [2.24, 2.45) is 0 Å². The summed E-state index contributed by atoms with van der Waals surface area (Å²) in [5.41, 5.74) is 1.97. The highest BCUT2D eigenvalue weighted by atomic mass is 32.2. The molecule has 2 heterocycles. The van der Waals surface area contributed by atoms with Crippen LogP contribution in [0.25, 0.3) is 0 Å². The van der Waals surface area contributed by atoms with E-state index < -0.39 is 14.9 Å². The number of ether oxygens (including phenoxy) is 1. The Balaban J connectivity index is 1.66. The SMILES string of the molecule is CCc1cc([N+](=O)[O-])c(OC)cc1N1CCC(N2CCN(S(C)(=O)=O)CC2)CC1. The molecule has 0 aliphatic carbocycles. The lowest BCUT2D eigenvalue weighted by Gasteiger charge is -2.43. The number of nitro benzene ring substituents is 1. The largest absolute Gasteiger partial charge is 0.490 e. The molecule has 0 atom stereocenters. The van der Waals surface area contributed by atoms with Gasteiger partial charge in [-0.1, -0.05) is 6.92 Å². The monoisotopic (exact) mass is 426 g/mol. The van der Waals surface area contributed by atoms with E-state index in [2.05, 4.69) is 9.80 Å². The van der Waals surface area contributed by atoms with Crippen LogP contribution in [0.5, 0.6) is 5.75 Å². The molecule has 29 heavy (non-hydrogen) atoms. The van der Waals surface area contributed by atoms with Crippen LogP contribution < -0.4 is 9.64 Å². The number of anilines is 1. The number of rotatable bonds is 6. The van der Waals surface area contributed by atoms with Gasteiger partial charge >= 0.3 is 5.69 Å². The van der Waals surface area contributed by atoms with E-state index in [1.165, 1.54) is 13.4 Å². The van der Waals surface area contributed by atoms with Crippen molar-refractivity contribution in [2.45, 2.75) is 32.2 Å². The van der Waals surface area contributed by atoms with Crippen LogP contribution in [0.15, 0.2) is 12.1 Å². The van der Waals surface area contributed by atoms with Gasteiger partial charge in [0.2, 0.25) is 10.0 Å². The van der Waals surface area contributed by atoms with E-state index >= 15 is 0 Å². The van der Waals surface area contributed by atoms with Crippen molar-refractivity contribution >= 4 is 21.4 Å². The summed E-state index contributed by atoms with van der Waals surface area (Å²) in [7, 11) is -1.65. The van der Waals surface area contributed by atoms with E-state index in [-0.39, 0.29) is 5.69 Å². The van der Waals surface area contributed by atoms with Crippen LogP contribution in [0, 0.1) is 10.1 Å². The minimum absolute atomic E-state index is 0.00623. The van der Waals surface area contributed by atoms with Gasteiger partial charge in [-0.25, -0.2) is 8.42 Å². The lowest BCUT2D eigenvalue weighted by atomic mass is 9.99. The van der Waals surface area contributed by atoms with Crippen LogP contribution in [0.2, 0.25) is 0 Å². The normalized spacial score (nSPS) is 20.0. The van der Waals surface area contributed by atoms with Gasteiger partial charge in [-0.2, -0.15) is 4.31 Å². The van der Waals surface area contributed by atoms with Gasteiger partial charge in [0.15, 0.2) is 5.75 Å². The van der Waals surface area contributed by atoms with Crippen molar-refractivity contribution in [1.29, 1.82) is 0 Å². The molecule has 0 aromatic heterocycles. The second-order valence-electron chi connectivity index (χ2n) is 7.68. The maximum atomic E-state index is 11.7. The second-order valence-corrected chi connectivity index (χ2v) is 9.66. The third-order valence-electron chi connectivity index (χ3n) is 6.02. The molecule has 0 N–H and O–H groups in total. The summed E-state index contributed by atoms with van der Waals surface area (Å²) in [6.07, 6.45) is 3.96. The highest BCUT2D eigenvalue weighted by Gasteiger charge is 2.31. The number of aryl methyl sites for hydroxylation is 1. The Bertz CT molecular complexity index is 844. The highest BCUT2D eigenvalue weighted by Crippen LogP contribution is 2.36. The van der Waals surface area contributed by atoms with Crippen LogP contribution in [0.3, 0.4) is 0 Å². The van der Waals surface area contributed by atoms with Crippen molar-refractivity contribution in [3.63, 3.8) is 0 Å². The van der Waals surface area contributed by atoms with Crippen LogP contribution in [0.4, 0.5) is 11.4 Å². The summed E-state index contributed by atoms with van der Waals surface area (Å²) in [6, 6.07) is 3.87. The standard InChI is InChI=1S/C19H30N4O5S/c1-4-15-13-18(23(24)25)19(28-2)14-17(15)21-7-5-16(6-8-21)20-9-11-22(12-10-20)29(3,26)27/h13-14,16H,4-12H2,1-3H3. The number of nitrogens with zero attached hydrogens (tertiary/aromatic N) is 4. The topological polar surface area (TPSA) is 96.2 Å². The maximum absolute atomic E-state index is 11.7. The zero-order valence-corrected chi connectivity index (χ0v) is 18.2. The number of methoxy groups -OCH3 is 1. The number of benzene rings is 1. The molecule has 1 aromatic carbocycles. The fourth-order valence-electron chi connectivity index (χ4n) is 4.36. The van der Waals surface area contributed by atoms with Crippen LogP contribution in [-0.2, 0) is 16.4 Å². The summed E-state index contributed by atoms with van der Waals surface area (Å²) < 4.78 is 30.2. The maximum Gasteiger partial charge on any atom is 0.311 e. The Kier molecular flexibility index (Phi) is 6.65. The van der Waals surface area contributed by atoms with Crippen molar-refractivity contribution in [1.82, 2.24) is 9.21 Å². The zero-order chi connectivity index (χ0) is 21.2. The molecule has 2 saturated heterocycles. The zero-order valence-electron chi connectivity index (χ0n) is 17.3. The third-order valence-corrected chi connectivity index (χ3v) is 7.32. The summed E-state index contributed by atoms with van der Waals surface area (Å²) in [5.74, 6) is 0.293. The fourth-order valence-corrected chi connectivity index (χ4v) is 5.18. The lowest BCUT2D eigenvalue weighted by molar-refractivity contribution is -0.385. The Morgan fingerprint density at radius 2 is 1.76 bits per heavy atom. The minimum Gasteiger partial charge on any atom is -0.490 e. The number of piperazine rings is 1. The van der Waals surface area contributed by atoms with E-state index in [1.807, 2.05) is 6.92 Å². The Labute approximate surface area is 172 Å². The van der Waals surface area contributed by atoms with Gasteiger partial charge in [-0.05, 0) is 24.8 Å². The molecule has 0 amide bonds. The molecule has 162 valence electrons. The lowest BCUT2D eigenvalue weighted by Crippen LogP contribution is -2.54. The van der Waals surface area contributed by atoms with Gasteiger partial charge in [0.25, 0.3) is 0 Å². The molecule has 9 nitrogen and oxygen atoms in total. The van der Waals surface area contributed by atoms with Crippen molar-refractivity contribution in [2.75, 3.05) is 57.5 Å². The number of hydrogen-bond acceptors (Lipinski definition) is 7. The number of piperidine rings is 1. The van der Waals surface area contributed by atoms with E-state index in [9.17, 15) is 18.5 Å². The molecule has 2 aliphatic rings. The van der Waals surface area contributed by atoms with Gasteiger partial charge in [-0.15, -0.1) is 0 Å². The molecule has 0 unspecified atom stereocenters. The Hall–Kier alpha value is -1.91. The van der Waals surface area contributed by atoms with Gasteiger partial charge < -0.3 is 9.64 Å². The average molecular weight is 427 g/mol. The van der Waals surface area contributed by atoms with Gasteiger partial charge in [0, 0.05) is 63.1 Å². The summed E-state index contributed by atoms with van der Waals surface area (Å²) in [6.45, 7) is 6.38. The van der Waals surface area contributed by atoms with Crippen LogP contribution >= 0.6 is 0 Å². The molecule has 1 aromatic rings. The highest BCUT2D eigenvalue weighted by molar-refractivity contribution is 7.88. The van der Waals surface area contributed by atoms with Crippen LogP contribution in [-0.4, -0.2) is 81.2 Å². The van der Waals surface area contributed by atoms with E-state index in [0.717, 1.165) is 50.3 Å². The van der Waals surface area contributed by atoms with Crippen molar-refractivity contribution in [3.8, 4) is 5.75 Å². The smallest absolute Gasteiger partial charge is 0.311 e. The van der Waals surface area contributed by atoms with Gasteiger partial charge in [0.1, 0.15) is 0 Å². The van der Waals surface area contributed by atoms with Gasteiger partial charge in [0.05, 0.1) is 18.3 Å². The third kappa shape index (κ3) is 4.81. The second kappa shape index (κ2) is 8.85. The molecule has 0 bridgehead atoms. The van der Waals surface area contributed by atoms with Gasteiger partial charge in [-0.3, -0.25) is 15.0 Å². The molecular weight excluding hydrogens is 396 g/mol. The Morgan fingerprint density at radius 1 is 1.14 bits per heavy atom. The number of hydrogen-bond donors (Lipinski definition) is 0. The van der Waals surface area contributed by atoms with Crippen molar-refractivity contribution in [3.05, 3.63) is 27.8 Å². The quantitative estimate of drug-likeness (QED) is 0.505. The van der Waals surface area contributed by atoms with E-state index in [1.54, 1.807) is 16.4 Å². The number of sulfonamides is 1. The molecule has 10 heteroatoms. The minimum atomic E-state index is -3.11. The predicted octanol–water partition coefficient (Wildman–Crippen LogP) is 1.71. The first-order valence-electron chi connectivity index (χ1n) is 10.0. The fraction of sp³-hybridized carbons (Fsp3) is 0.684. The first kappa shape index (κ1) is 21.8. The molecule has 0 spiro atoms. The Morgan fingerprint density at radius 3 is 2.24 bits per heavy atom. The molecular formula is C19H30N4O5S. The molecule has 2 fully saturated rings. The first-order valence-corrected chi connectivity index (χ1v) is 11.9. The summed E-state index contributed by atoms with van der Waals surface area (Å²) in [4.78, 5) is 15.6. The van der Waals surface area contributed by atoms with Crippen LogP contribution in [0.1, 0.15) is 25.3 Å². The number of nitro groups is 1. The molecule has 0 saturated carbocycles. The summed E-state index contributed by atoms with van der Waals surface area (Å²) >= 11 is 0. The van der Waals surface area contributed by atoms with Crippen molar-refractivity contribution < 1.29 is 18.1 Å². The predicted molar refractivity (Wildman–Crippen MR) is 112 cm³/mol. The average Bonchev–Trinajstić information content (AvgIpc) is 2.72. The first-order chi connectivity index (χ1) is 13.7. The molecule has 3 rings (SSSR count). The van der Waals surface area contributed by atoms with E-state index in [0.29, 0.717) is 31.3 Å².